The maximum atomic E-state index is 12.3. The molecule has 0 atom stereocenters. The van der Waals surface area contributed by atoms with E-state index >= 15 is 0 Å². The first-order chi connectivity index (χ1) is 8.78. The molecule has 106 valence electrons. The summed E-state index contributed by atoms with van der Waals surface area (Å²) in [6.45, 7) is 2.81. The number of pyridine rings is 1. The van der Waals surface area contributed by atoms with E-state index in [4.69, 9.17) is 5.73 Å². The zero-order valence-corrected chi connectivity index (χ0v) is 10.4. The highest BCUT2D eigenvalue weighted by Gasteiger charge is 2.34. The molecule has 0 unspecified atom stereocenters. The average Bonchev–Trinajstić information content (AvgIpc) is 2.25. The van der Waals surface area contributed by atoms with Crippen molar-refractivity contribution in [3.05, 3.63) is 23.0 Å². The van der Waals surface area contributed by atoms with E-state index in [1.165, 1.54) is 13.8 Å². The van der Waals surface area contributed by atoms with Gasteiger partial charge in [0.15, 0.2) is 0 Å². The molecule has 1 aromatic rings. The van der Waals surface area contributed by atoms with Crippen LogP contribution in [0.25, 0.3) is 0 Å². The van der Waals surface area contributed by atoms with Gasteiger partial charge in [-0.2, -0.15) is 0 Å². The van der Waals surface area contributed by atoms with Crippen LogP contribution in [0.15, 0.2) is 6.07 Å². The highest BCUT2D eigenvalue weighted by atomic mass is 19.4. The molecular weight excluding hydrogens is 265 g/mol. The van der Waals surface area contributed by atoms with Crippen LogP contribution in [0.3, 0.4) is 0 Å². The smallest absolute Gasteiger partial charge is 0.462 e. The molecule has 0 bridgehead atoms. The molecule has 0 aliphatic carbocycles. The molecule has 19 heavy (non-hydrogen) atoms. The quantitative estimate of drug-likeness (QED) is 0.852. The summed E-state index contributed by atoms with van der Waals surface area (Å²) < 4.78 is 45.4. The molecule has 1 aromatic heterocycles. The Labute approximate surface area is 107 Å². The number of aromatic nitrogens is 1. The molecule has 0 amide bonds. The lowest BCUT2D eigenvalue weighted by Crippen LogP contribution is -2.22. The standard InChI is InChI=1S/C11H13F3N2O3/c1-3-18-10(17)9-7(5-15)16-6(2)4-8(9)19-11(12,13)14/h4H,3,5,15H2,1-2H3. The number of aryl methyl sites for hydroxylation is 1. The Morgan fingerprint density at radius 3 is 2.58 bits per heavy atom. The van der Waals surface area contributed by atoms with Crippen molar-refractivity contribution in [3.63, 3.8) is 0 Å². The Hall–Kier alpha value is -1.83. The van der Waals surface area contributed by atoms with Crippen molar-refractivity contribution in [1.29, 1.82) is 0 Å². The van der Waals surface area contributed by atoms with Gasteiger partial charge in [-0.3, -0.25) is 4.98 Å². The minimum Gasteiger partial charge on any atom is -0.462 e. The van der Waals surface area contributed by atoms with Crippen molar-refractivity contribution < 1.29 is 27.4 Å². The summed E-state index contributed by atoms with van der Waals surface area (Å²) in [7, 11) is 0. The first-order valence-electron chi connectivity index (χ1n) is 5.42. The van der Waals surface area contributed by atoms with Gasteiger partial charge in [0.25, 0.3) is 0 Å². The number of halogens is 3. The molecule has 0 radical (unpaired) electrons. The van der Waals surface area contributed by atoms with Crippen LogP contribution in [0.4, 0.5) is 13.2 Å². The van der Waals surface area contributed by atoms with E-state index in [9.17, 15) is 18.0 Å². The minimum absolute atomic E-state index is 0.00213. The first kappa shape index (κ1) is 15.2. The molecule has 5 nitrogen and oxygen atoms in total. The van der Waals surface area contributed by atoms with Crippen molar-refractivity contribution in [3.8, 4) is 5.75 Å². The largest absolute Gasteiger partial charge is 0.573 e. The second kappa shape index (κ2) is 5.87. The van der Waals surface area contributed by atoms with Crippen LogP contribution in [-0.2, 0) is 11.3 Å². The van der Waals surface area contributed by atoms with Gasteiger partial charge in [0, 0.05) is 18.3 Å². The number of hydrogen-bond acceptors (Lipinski definition) is 5. The van der Waals surface area contributed by atoms with Crippen molar-refractivity contribution >= 4 is 5.97 Å². The Bertz CT molecular complexity index is 475. The Morgan fingerprint density at radius 1 is 1.47 bits per heavy atom. The fourth-order valence-corrected chi connectivity index (χ4v) is 1.48. The lowest BCUT2D eigenvalue weighted by atomic mass is 10.1. The zero-order chi connectivity index (χ0) is 14.6. The number of nitrogens with zero attached hydrogens (tertiary/aromatic N) is 1. The van der Waals surface area contributed by atoms with Crippen molar-refractivity contribution in [2.75, 3.05) is 6.61 Å². The third kappa shape index (κ3) is 4.09. The molecule has 0 aliphatic rings. The molecule has 1 heterocycles. The molecule has 0 spiro atoms. The van der Waals surface area contributed by atoms with Crippen LogP contribution in [0, 0.1) is 6.92 Å². The number of nitrogens with two attached hydrogens (primary N) is 1. The number of ether oxygens (including phenoxy) is 2. The predicted octanol–water partition coefficient (Wildman–Crippen LogP) is 1.92. The summed E-state index contributed by atoms with van der Waals surface area (Å²) in [6.07, 6.45) is -4.92. The van der Waals surface area contributed by atoms with Crippen LogP contribution < -0.4 is 10.5 Å². The fraction of sp³-hybridized carbons (Fsp3) is 0.455. The first-order valence-corrected chi connectivity index (χ1v) is 5.42. The zero-order valence-electron chi connectivity index (χ0n) is 10.4. The van der Waals surface area contributed by atoms with Gasteiger partial charge in [-0.1, -0.05) is 0 Å². The van der Waals surface area contributed by atoms with Crippen molar-refractivity contribution in [2.24, 2.45) is 5.73 Å². The van der Waals surface area contributed by atoms with E-state index < -0.39 is 23.6 Å². The van der Waals surface area contributed by atoms with Gasteiger partial charge in [0.2, 0.25) is 0 Å². The third-order valence-electron chi connectivity index (χ3n) is 2.08. The lowest BCUT2D eigenvalue weighted by Gasteiger charge is -2.15. The highest BCUT2D eigenvalue weighted by molar-refractivity contribution is 5.93. The van der Waals surface area contributed by atoms with Crippen LogP contribution in [0.1, 0.15) is 28.7 Å². The molecule has 0 fully saturated rings. The molecule has 2 N–H and O–H groups in total. The summed E-state index contributed by atoms with van der Waals surface area (Å²) in [4.78, 5) is 15.6. The Balaban J connectivity index is 3.33. The SMILES string of the molecule is CCOC(=O)c1c(OC(F)(F)F)cc(C)nc1CN. The van der Waals surface area contributed by atoms with Gasteiger partial charge in [-0.25, -0.2) is 4.79 Å². The molecule has 8 heteroatoms. The topological polar surface area (TPSA) is 74.4 Å². The summed E-state index contributed by atoms with van der Waals surface area (Å²) in [5.41, 5.74) is 5.24. The maximum Gasteiger partial charge on any atom is 0.573 e. The number of carbonyl (C=O) groups is 1. The number of hydrogen-bond donors (Lipinski definition) is 1. The second-order valence-electron chi connectivity index (χ2n) is 3.56. The predicted molar refractivity (Wildman–Crippen MR) is 59.5 cm³/mol. The van der Waals surface area contributed by atoms with Gasteiger partial charge in [0.05, 0.1) is 12.3 Å². The summed E-state index contributed by atoms with van der Waals surface area (Å²) >= 11 is 0. The van der Waals surface area contributed by atoms with E-state index in [0.29, 0.717) is 0 Å². The van der Waals surface area contributed by atoms with Crippen LogP contribution in [0.5, 0.6) is 5.75 Å². The molecule has 0 aliphatic heterocycles. The highest BCUT2D eigenvalue weighted by Crippen LogP contribution is 2.29. The number of rotatable bonds is 4. The van der Waals surface area contributed by atoms with Crippen molar-refractivity contribution in [2.45, 2.75) is 26.8 Å². The summed E-state index contributed by atoms with van der Waals surface area (Å²) in [6, 6.07) is 1.01. The Morgan fingerprint density at radius 2 is 2.11 bits per heavy atom. The van der Waals surface area contributed by atoms with Gasteiger partial charge < -0.3 is 15.2 Å². The van der Waals surface area contributed by atoms with Crippen LogP contribution in [0.2, 0.25) is 0 Å². The molecule has 1 rings (SSSR count). The minimum atomic E-state index is -4.92. The van der Waals surface area contributed by atoms with Gasteiger partial charge in [-0.05, 0) is 13.8 Å². The van der Waals surface area contributed by atoms with E-state index in [1.54, 1.807) is 0 Å². The van der Waals surface area contributed by atoms with Gasteiger partial charge in [0.1, 0.15) is 11.3 Å². The monoisotopic (exact) mass is 278 g/mol. The molecule has 0 saturated heterocycles. The van der Waals surface area contributed by atoms with Crippen molar-refractivity contribution in [1.82, 2.24) is 4.98 Å². The summed E-state index contributed by atoms with van der Waals surface area (Å²) in [5, 5.41) is 0. The average molecular weight is 278 g/mol. The summed E-state index contributed by atoms with van der Waals surface area (Å²) in [5.74, 6) is -1.60. The second-order valence-corrected chi connectivity index (χ2v) is 3.56. The van der Waals surface area contributed by atoms with E-state index in [1.807, 2.05) is 0 Å². The molecular formula is C11H13F3N2O3. The van der Waals surface area contributed by atoms with E-state index in [0.717, 1.165) is 6.07 Å². The number of alkyl halides is 3. The Kier molecular flexibility index (Phi) is 4.71. The van der Waals surface area contributed by atoms with Gasteiger partial charge in [-0.15, -0.1) is 13.2 Å². The number of carbonyl (C=O) groups excluding carboxylic acids is 1. The number of esters is 1. The van der Waals surface area contributed by atoms with Gasteiger partial charge >= 0.3 is 12.3 Å². The maximum absolute atomic E-state index is 12.3. The third-order valence-corrected chi connectivity index (χ3v) is 2.08. The van der Waals surface area contributed by atoms with Crippen LogP contribution >= 0.6 is 0 Å². The van der Waals surface area contributed by atoms with Crippen LogP contribution in [-0.4, -0.2) is 23.9 Å². The fourth-order valence-electron chi connectivity index (χ4n) is 1.48. The molecule has 0 saturated carbocycles. The van der Waals surface area contributed by atoms with E-state index in [-0.39, 0.29) is 24.5 Å². The normalized spacial score (nSPS) is 11.3. The van der Waals surface area contributed by atoms with E-state index in [2.05, 4.69) is 14.5 Å². The lowest BCUT2D eigenvalue weighted by molar-refractivity contribution is -0.274. The molecule has 0 aromatic carbocycles.